The fourth-order valence-corrected chi connectivity index (χ4v) is 1.74. The van der Waals surface area contributed by atoms with E-state index in [4.69, 9.17) is 0 Å². The van der Waals surface area contributed by atoms with Gasteiger partial charge in [0.2, 0.25) is 6.43 Å². The van der Waals surface area contributed by atoms with Gasteiger partial charge in [-0.1, -0.05) is 6.08 Å². The molecule has 1 aromatic rings. The Kier molecular flexibility index (Phi) is 1.94. The van der Waals surface area contributed by atoms with Crippen LogP contribution in [0.25, 0.3) is 6.20 Å². The van der Waals surface area contributed by atoms with Crippen LogP contribution in [-0.4, -0.2) is 11.0 Å². The lowest BCUT2D eigenvalue weighted by Crippen LogP contribution is -2.14. The molecule has 0 fully saturated rings. The number of nitrogens with zero attached hydrogens (tertiary/aromatic N) is 1. The highest BCUT2D eigenvalue weighted by molar-refractivity contribution is 5.37. The van der Waals surface area contributed by atoms with Crippen LogP contribution >= 0.6 is 0 Å². The van der Waals surface area contributed by atoms with E-state index in [9.17, 15) is 8.78 Å². The van der Waals surface area contributed by atoms with E-state index in [0.29, 0.717) is 6.42 Å². The molecule has 0 amide bonds. The van der Waals surface area contributed by atoms with Crippen LogP contribution in [0.1, 0.15) is 23.6 Å². The summed E-state index contributed by atoms with van der Waals surface area (Å²) in [6.07, 6.45) is 3.70. The van der Waals surface area contributed by atoms with Gasteiger partial charge in [0.1, 0.15) is 0 Å². The number of alkyl halides is 2. The van der Waals surface area contributed by atoms with Crippen LogP contribution in [0, 0.1) is 6.92 Å². The Labute approximate surface area is 75.7 Å². The monoisotopic (exact) mass is 183 g/mol. The molecule has 0 radical (unpaired) electrons. The van der Waals surface area contributed by atoms with Crippen molar-refractivity contribution in [3.8, 4) is 0 Å². The van der Waals surface area contributed by atoms with Gasteiger partial charge in [-0.25, -0.2) is 8.78 Å². The Bertz CT molecular complexity index is 339. The number of aromatic nitrogens is 1. The molecule has 1 aliphatic rings. The molecule has 0 aromatic carbocycles. The zero-order valence-electron chi connectivity index (χ0n) is 7.37. The van der Waals surface area contributed by atoms with E-state index in [2.05, 4.69) is 0 Å². The Hall–Kier alpha value is -1.12. The molecule has 0 saturated carbocycles. The smallest absolute Gasteiger partial charge is 0.247 e. The van der Waals surface area contributed by atoms with Crippen LogP contribution in [-0.2, 0) is 0 Å². The molecule has 0 aliphatic carbocycles. The minimum absolute atomic E-state index is 0.446. The molecular formula is C10H11F2N. The Morgan fingerprint density at radius 2 is 2.31 bits per heavy atom. The molecule has 0 bridgehead atoms. The Balaban J connectivity index is 2.42. The van der Waals surface area contributed by atoms with Crippen molar-refractivity contribution in [3.63, 3.8) is 0 Å². The van der Waals surface area contributed by atoms with Crippen molar-refractivity contribution in [2.45, 2.75) is 25.7 Å². The fourth-order valence-electron chi connectivity index (χ4n) is 1.74. The quantitative estimate of drug-likeness (QED) is 0.630. The van der Waals surface area contributed by atoms with Gasteiger partial charge in [-0.05, 0) is 25.0 Å². The van der Waals surface area contributed by atoms with Crippen molar-refractivity contribution in [1.82, 2.24) is 4.57 Å². The molecule has 0 spiro atoms. The molecule has 1 nitrogen and oxygen atoms in total. The third kappa shape index (κ3) is 1.39. The second-order valence-electron chi connectivity index (χ2n) is 3.41. The topological polar surface area (TPSA) is 4.93 Å². The lowest BCUT2D eigenvalue weighted by atomic mass is 10.00. The first-order valence-corrected chi connectivity index (χ1v) is 4.31. The standard InChI is InChI=1S/C10H11F2N/c1-7-5-9-8(10(11)12)3-2-4-13(9)6-7/h2,4-6,8,10H,3H2,1H3. The van der Waals surface area contributed by atoms with E-state index < -0.39 is 12.3 Å². The summed E-state index contributed by atoms with van der Waals surface area (Å²) in [6.45, 7) is 1.92. The van der Waals surface area contributed by atoms with Gasteiger partial charge in [0, 0.05) is 18.1 Å². The Morgan fingerprint density at radius 1 is 1.54 bits per heavy atom. The third-order valence-electron chi connectivity index (χ3n) is 2.36. The highest BCUT2D eigenvalue weighted by atomic mass is 19.3. The van der Waals surface area contributed by atoms with E-state index in [-0.39, 0.29) is 0 Å². The lowest BCUT2D eigenvalue weighted by Gasteiger charge is -2.19. The molecule has 3 heteroatoms. The molecule has 1 aromatic heterocycles. The first kappa shape index (κ1) is 8.48. The summed E-state index contributed by atoms with van der Waals surface area (Å²) >= 11 is 0. The van der Waals surface area contributed by atoms with Crippen molar-refractivity contribution < 1.29 is 8.78 Å². The number of rotatable bonds is 1. The van der Waals surface area contributed by atoms with Gasteiger partial charge in [-0.15, -0.1) is 0 Å². The molecule has 1 atom stereocenters. The summed E-state index contributed by atoms with van der Waals surface area (Å²) in [5.74, 6) is -0.626. The average Bonchev–Trinajstić information content (AvgIpc) is 2.43. The minimum atomic E-state index is -2.27. The fraction of sp³-hybridized carbons (Fsp3) is 0.400. The summed E-state index contributed by atoms with van der Waals surface area (Å²) in [4.78, 5) is 0. The summed E-state index contributed by atoms with van der Waals surface area (Å²) < 4.78 is 26.9. The van der Waals surface area contributed by atoms with Gasteiger partial charge in [0.05, 0.1) is 5.92 Å². The van der Waals surface area contributed by atoms with Crippen LogP contribution in [0.2, 0.25) is 0 Å². The van der Waals surface area contributed by atoms with Gasteiger partial charge >= 0.3 is 0 Å². The zero-order valence-corrected chi connectivity index (χ0v) is 7.37. The molecule has 1 aliphatic heterocycles. The maximum Gasteiger partial charge on any atom is 0.247 e. The van der Waals surface area contributed by atoms with Crippen LogP contribution in [0.15, 0.2) is 18.3 Å². The van der Waals surface area contributed by atoms with E-state index in [1.165, 1.54) is 0 Å². The van der Waals surface area contributed by atoms with Crippen molar-refractivity contribution in [1.29, 1.82) is 0 Å². The summed E-state index contributed by atoms with van der Waals surface area (Å²) in [6, 6.07) is 1.83. The van der Waals surface area contributed by atoms with E-state index in [1.807, 2.05) is 25.4 Å². The third-order valence-corrected chi connectivity index (χ3v) is 2.36. The Morgan fingerprint density at radius 3 is 3.00 bits per heavy atom. The predicted molar refractivity (Wildman–Crippen MR) is 47.9 cm³/mol. The van der Waals surface area contributed by atoms with Crippen molar-refractivity contribution in [3.05, 3.63) is 29.6 Å². The molecule has 2 heterocycles. The largest absolute Gasteiger partial charge is 0.327 e. The van der Waals surface area contributed by atoms with Gasteiger partial charge < -0.3 is 4.57 Å². The molecule has 1 unspecified atom stereocenters. The van der Waals surface area contributed by atoms with Gasteiger partial charge in [0.25, 0.3) is 0 Å². The van der Waals surface area contributed by atoms with Crippen molar-refractivity contribution >= 4 is 6.20 Å². The molecule has 0 N–H and O–H groups in total. The highest BCUT2D eigenvalue weighted by Gasteiger charge is 2.26. The first-order chi connectivity index (χ1) is 6.18. The summed E-state index contributed by atoms with van der Waals surface area (Å²) in [5, 5.41) is 0. The number of hydrogen-bond acceptors (Lipinski definition) is 0. The number of allylic oxidation sites excluding steroid dienone is 1. The number of aryl methyl sites for hydroxylation is 1. The van der Waals surface area contributed by atoms with Crippen molar-refractivity contribution in [2.75, 3.05) is 0 Å². The second kappa shape index (κ2) is 2.98. The van der Waals surface area contributed by atoms with Gasteiger partial charge in [0.15, 0.2) is 0 Å². The van der Waals surface area contributed by atoms with Gasteiger partial charge in [-0.2, -0.15) is 0 Å². The van der Waals surface area contributed by atoms with E-state index >= 15 is 0 Å². The van der Waals surface area contributed by atoms with E-state index in [1.54, 1.807) is 10.6 Å². The minimum Gasteiger partial charge on any atom is -0.327 e. The maximum atomic E-state index is 12.6. The van der Waals surface area contributed by atoms with E-state index in [0.717, 1.165) is 11.3 Å². The maximum absolute atomic E-state index is 12.6. The molecule has 2 rings (SSSR count). The van der Waals surface area contributed by atoms with Crippen LogP contribution in [0.5, 0.6) is 0 Å². The SMILES string of the molecule is Cc1cc2n(c1)C=CCC2C(F)F. The molecule has 13 heavy (non-hydrogen) atoms. The van der Waals surface area contributed by atoms with Crippen LogP contribution < -0.4 is 0 Å². The highest BCUT2D eigenvalue weighted by Crippen LogP contribution is 2.31. The summed E-state index contributed by atoms with van der Waals surface area (Å²) in [7, 11) is 0. The number of fused-ring (bicyclic) bond motifs is 1. The zero-order chi connectivity index (χ0) is 9.42. The number of hydrogen-bond donors (Lipinski definition) is 0. The average molecular weight is 183 g/mol. The van der Waals surface area contributed by atoms with Crippen LogP contribution in [0.3, 0.4) is 0 Å². The normalized spacial score (nSPS) is 20.8. The first-order valence-electron chi connectivity index (χ1n) is 4.31. The van der Waals surface area contributed by atoms with Crippen LogP contribution in [0.4, 0.5) is 8.78 Å². The second-order valence-corrected chi connectivity index (χ2v) is 3.41. The number of halogens is 2. The molecule has 70 valence electrons. The lowest BCUT2D eigenvalue weighted by molar-refractivity contribution is 0.112. The van der Waals surface area contributed by atoms with Gasteiger partial charge in [-0.3, -0.25) is 0 Å². The van der Waals surface area contributed by atoms with Crippen molar-refractivity contribution in [2.24, 2.45) is 0 Å². The molecule has 0 saturated heterocycles. The molecular weight excluding hydrogens is 172 g/mol. The summed E-state index contributed by atoms with van der Waals surface area (Å²) in [5.41, 5.74) is 1.77. The predicted octanol–water partition coefficient (Wildman–Crippen LogP) is 3.02.